The Morgan fingerprint density at radius 3 is 1.29 bits per heavy atom. The first kappa shape index (κ1) is 10.8. The van der Waals surface area contributed by atoms with Crippen molar-refractivity contribution in [2.24, 2.45) is 0 Å². The van der Waals surface area contributed by atoms with Gasteiger partial charge >= 0.3 is 6.16 Å². The summed E-state index contributed by atoms with van der Waals surface area (Å²) in [5.74, 6) is 0. The zero-order valence-corrected chi connectivity index (χ0v) is 5.14. The van der Waals surface area contributed by atoms with Gasteiger partial charge in [-0.15, -0.1) is 9.78 Å². The zero-order chi connectivity index (χ0) is 3.91. The summed E-state index contributed by atoms with van der Waals surface area (Å²) in [6, 6.07) is 0. The smallest absolute Gasteiger partial charge is 0.315 e. The van der Waals surface area contributed by atoms with Crippen molar-refractivity contribution in [3.05, 3.63) is 0 Å². The van der Waals surface area contributed by atoms with E-state index in [4.69, 9.17) is 10.2 Å². The van der Waals surface area contributed by atoms with E-state index in [-0.39, 0.29) is 33.8 Å². The van der Waals surface area contributed by atoms with Crippen LogP contribution >= 0.6 is 0 Å². The fourth-order valence-electron chi connectivity index (χ4n) is 0.0373. The molecule has 1 aliphatic heterocycles. The Labute approximate surface area is 60.4 Å². The van der Waals surface area contributed by atoms with Crippen molar-refractivity contribution in [3.8, 4) is 0 Å². The standard InChI is InChI=1S/CH2O4.Co.Mn/c2-1(3)4-5-1;;/h2-3H;;. The summed E-state index contributed by atoms with van der Waals surface area (Å²) in [6.07, 6.45) is -2.25. The molecule has 0 aromatic rings. The van der Waals surface area contributed by atoms with E-state index in [1.807, 2.05) is 0 Å². The van der Waals surface area contributed by atoms with E-state index in [0.717, 1.165) is 0 Å². The van der Waals surface area contributed by atoms with Gasteiger partial charge in [-0.1, -0.05) is 0 Å². The molecule has 4 nitrogen and oxygen atoms in total. The fourth-order valence-corrected chi connectivity index (χ4v) is 0.0373. The van der Waals surface area contributed by atoms with Crippen LogP contribution in [0.5, 0.6) is 0 Å². The average Bonchev–Trinajstić information content (AvgIpc) is 1.76. The molecule has 0 unspecified atom stereocenters. The molecule has 0 aliphatic carbocycles. The van der Waals surface area contributed by atoms with Gasteiger partial charge in [0.05, 0.1) is 0 Å². The maximum atomic E-state index is 7.74. The first-order valence-electron chi connectivity index (χ1n) is 1.02. The number of aliphatic hydroxyl groups is 2. The van der Waals surface area contributed by atoms with Gasteiger partial charge in [0.1, 0.15) is 0 Å². The van der Waals surface area contributed by atoms with Crippen LogP contribution in [0.3, 0.4) is 0 Å². The molecule has 0 bridgehead atoms. The van der Waals surface area contributed by atoms with Crippen molar-refractivity contribution < 1.29 is 53.8 Å². The van der Waals surface area contributed by atoms with Gasteiger partial charge in [0.15, 0.2) is 0 Å². The van der Waals surface area contributed by atoms with Crippen LogP contribution in [0.4, 0.5) is 0 Å². The van der Waals surface area contributed by atoms with Crippen LogP contribution in [0.1, 0.15) is 0 Å². The monoisotopic (exact) mass is 192 g/mol. The Balaban J connectivity index is 0. The SMILES string of the molecule is OC1(O)OO1.[Co].[Mn]. The summed E-state index contributed by atoms with van der Waals surface area (Å²) in [7, 11) is 0. The number of hydrogen-bond acceptors (Lipinski definition) is 4. The quantitative estimate of drug-likeness (QED) is 0.213. The van der Waals surface area contributed by atoms with Crippen LogP contribution < -0.4 is 0 Å². The Morgan fingerprint density at radius 1 is 1.14 bits per heavy atom. The van der Waals surface area contributed by atoms with Crippen molar-refractivity contribution >= 4 is 0 Å². The Kier molecular flexibility index (Phi) is 4.63. The number of hydrogen-bond donors (Lipinski definition) is 2. The van der Waals surface area contributed by atoms with E-state index in [1.165, 1.54) is 0 Å². The van der Waals surface area contributed by atoms with Gasteiger partial charge in [-0.25, -0.2) is 0 Å². The van der Waals surface area contributed by atoms with Crippen LogP contribution in [0.25, 0.3) is 0 Å². The summed E-state index contributed by atoms with van der Waals surface area (Å²) in [6.45, 7) is 0. The molecule has 46 valence electrons. The molecule has 1 rings (SSSR count). The minimum atomic E-state index is -2.25. The van der Waals surface area contributed by atoms with Crippen LogP contribution in [-0.4, -0.2) is 16.4 Å². The molecular weight excluding hydrogens is 190 g/mol. The van der Waals surface area contributed by atoms with E-state index in [9.17, 15) is 0 Å². The van der Waals surface area contributed by atoms with E-state index in [2.05, 4.69) is 9.78 Å². The van der Waals surface area contributed by atoms with Gasteiger partial charge in [0.2, 0.25) is 0 Å². The average molecular weight is 192 g/mol. The van der Waals surface area contributed by atoms with E-state index >= 15 is 0 Å². The molecule has 1 saturated heterocycles. The summed E-state index contributed by atoms with van der Waals surface area (Å²) in [5, 5.41) is 15.5. The normalized spacial score (nSPS) is 21.4. The third-order valence-corrected chi connectivity index (χ3v) is 0.232. The van der Waals surface area contributed by atoms with Crippen LogP contribution in [0.2, 0.25) is 0 Å². The molecule has 2 N–H and O–H groups in total. The van der Waals surface area contributed by atoms with Crippen molar-refractivity contribution in [3.63, 3.8) is 0 Å². The summed E-state index contributed by atoms with van der Waals surface area (Å²) in [5.41, 5.74) is 0. The number of rotatable bonds is 0. The second kappa shape index (κ2) is 3.01. The van der Waals surface area contributed by atoms with E-state index < -0.39 is 6.16 Å². The first-order chi connectivity index (χ1) is 2.21. The molecule has 7 heavy (non-hydrogen) atoms. The van der Waals surface area contributed by atoms with Gasteiger partial charge in [-0.2, -0.15) is 0 Å². The van der Waals surface area contributed by atoms with Gasteiger partial charge in [-0.3, -0.25) is 0 Å². The topological polar surface area (TPSA) is 65.5 Å². The molecule has 0 aromatic heterocycles. The van der Waals surface area contributed by atoms with Gasteiger partial charge in [0, 0.05) is 33.8 Å². The summed E-state index contributed by atoms with van der Waals surface area (Å²) < 4.78 is 0. The van der Waals surface area contributed by atoms with Crippen molar-refractivity contribution in [2.75, 3.05) is 0 Å². The fraction of sp³-hybridized carbons (Fsp3) is 1.00. The molecule has 2 radical (unpaired) electrons. The minimum absolute atomic E-state index is 0. The summed E-state index contributed by atoms with van der Waals surface area (Å²) >= 11 is 0. The molecule has 1 heterocycles. The van der Waals surface area contributed by atoms with Crippen molar-refractivity contribution in [2.45, 2.75) is 6.16 Å². The molecule has 1 fully saturated rings. The molecule has 0 atom stereocenters. The van der Waals surface area contributed by atoms with Gasteiger partial charge < -0.3 is 10.2 Å². The van der Waals surface area contributed by atoms with Crippen molar-refractivity contribution in [1.29, 1.82) is 0 Å². The molecule has 1 aliphatic rings. The largest absolute Gasteiger partial charge is 0.461 e. The van der Waals surface area contributed by atoms with Crippen LogP contribution in [0, 0.1) is 0 Å². The maximum absolute atomic E-state index is 7.74. The Bertz CT molecular complexity index is 49.7. The van der Waals surface area contributed by atoms with Crippen LogP contribution in [-0.2, 0) is 43.6 Å². The van der Waals surface area contributed by atoms with Crippen molar-refractivity contribution in [1.82, 2.24) is 0 Å². The minimum Gasteiger partial charge on any atom is -0.315 e. The third kappa shape index (κ3) is 4.72. The predicted octanol–water partition coefficient (Wildman–Crippen LogP) is -1.46. The molecule has 6 heteroatoms. The zero-order valence-electron chi connectivity index (χ0n) is 2.92. The molecular formula is CH2CoMnO4. The van der Waals surface area contributed by atoms with Gasteiger partial charge in [0.25, 0.3) is 0 Å². The van der Waals surface area contributed by atoms with E-state index in [0.29, 0.717) is 0 Å². The summed E-state index contributed by atoms with van der Waals surface area (Å²) in [4.78, 5) is 7.01. The van der Waals surface area contributed by atoms with Crippen LogP contribution in [0.15, 0.2) is 0 Å². The Morgan fingerprint density at radius 2 is 1.29 bits per heavy atom. The molecule has 0 saturated carbocycles. The maximum Gasteiger partial charge on any atom is 0.461 e. The Hall–Kier alpha value is 0.866. The molecule has 0 aromatic carbocycles. The molecule has 0 amide bonds. The molecule has 0 spiro atoms. The second-order valence-electron chi connectivity index (χ2n) is 0.715. The van der Waals surface area contributed by atoms with Gasteiger partial charge in [-0.05, 0) is 0 Å². The third-order valence-electron chi connectivity index (χ3n) is 0.232. The first-order valence-corrected chi connectivity index (χ1v) is 1.02. The van der Waals surface area contributed by atoms with E-state index in [1.54, 1.807) is 0 Å². The predicted molar refractivity (Wildman–Crippen MR) is 9.34 cm³/mol. The second-order valence-corrected chi connectivity index (χ2v) is 0.715.